The highest BCUT2D eigenvalue weighted by Gasteiger charge is 2.22. The van der Waals surface area contributed by atoms with E-state index in [1.807, 2.05) is 0 Å². The number of rotatable bonds is 3. The van der Waals surface area contributed by atoms with E-state index in [4.69, 9.17) is 0 Å². The number of hydrogen-bond donors (Lipinski definition) is 1. The van der Waals surface area contributed by atoms with Crippen LogP contribution in [0.4, 0.5) is 5.69 Å². The first-order valence-electron chi connectivity index (χ1n) is 6.78. The topological polar surface area (TPSA) is 15.3 Å². The van der Waals surface area contributed by atoms with E-state index >= 15 is 0 Å². The standard InChI is InChI=1S/C15H23BrN2/c1-11-14(16)7-4-8-15(11)17-12(2)13-6-5-9-18(3)10-13/h4,7-8,12-13,17H,5-6,9-10H2,1-3H3. The highest BCUT2D eigenvalue weighted by atomic mass is 79.9. The first-order valence-corrected chi connectivity index (χ1v) is 7.57. The molecule has 0 aromatic heterocycles. The molecule has 0 aliphatic carbocycles. The van der Waals surface area contributed by atoms with Gasteiger partial charge in [0.1, 0.15) is 0 Å². The van der Waals surface area contributed by atoms with Gasteiger partial charge in [-0.25, -0.2) is 0 Å². The Morgan fingerprint density at radius 1 is 1.44 bits per heavy atom. The molecule has 1 aromatic rings. The van der Waals surface area contributed by atoms with Gasteiger partial charge in [-0.1, -0.05) is 22.0 Å². The van der Waals surface area contributed by atoms with Crippen LogP contribution in [0.1, 0.15) is 25.3 Å². The van der Waals surface area contributed by atoms with Crippen molar-refractivity contribution in [2.45, 2.75) is 32.7 Å². The molecule has 1 aliphatic heterocycles. The van der Waals surface area contributed by atoms with Crippen molar-refractivity contribution < 1.29 is 0 Å². The highest BCUT2D eigenvalue weighted by molar-refractivity contribution is 9.10. The van der Waals surface area contributed by atoms with Crippen LogP contribution in [0.2, 0.25) is 0 Å². The van der Waals surface area contributed by atoms with Gasteiger partial charge in [0.2, 0.25) is 0 Å². The molecule has 1 N–H and O–H groups in total. The first-order chi connectivity index (χ1) is 8.58. The van der Waals surface area contributed by atoms with Crippen LogP contribution >= 0.6 is 15.9 Å². The minimum Gasteiger partial charge on any atom is -0.382 e. The Labute approximate surface area is 119 Å². The summed E-state index contributed by atoms with van der Waals surface area (Å²) in [7, 11) is 2.23. The summed E-state index contributed by atoms with van der Waals surface area (Å²) in [5, 5.41) is 3.68. The third-order valence-electron chi connectivity index (χ3n) is 4.02. The van der Waals surface area contributed by atoms with E-state index in [0.29, 0.717) is 6.04 Å². The molecule has 3 heteroatoms. The van der Waals surface area contributed by atoms with Gasteiger partial charge in [-0.2, -0.15) is 0 Å². The number of nitrogens with zero attached hydrogens (tertiary/aromatic N) is 1. The lowest BCUT2D eigenvalue weighted by Crippen LogP contribution is -2.39. The number of anilines is 1. The molecule has 0 radical (unpaired) electrons. The third-order valence-corrected chi connectivity index (χ3v) is 4.88. The van der Waals surface area contributed by atoms with E-state index in [-0.39, 0.29) is 0 Å². The molecule has 0 spiro atoms. The highest BCUT2D eigenvalue weighted by Crippen LogP contribution is 2.27. The SMILES string of the molecule is Cc1c(Br)cccc1NC(C)C1CCCN(C)C1. The van der Waals surface area contributed by atoms with Gasteiger partial charge in [-0.3, -0.25) is 0 Å². The van der Waals surface area contributed by atoms with Crippen molar-refractivity contribution in [3.63, 3.8) is 0 Å². The quantitative estimate of drug-likeness (QED) is 0.911. The number of nitrogens with one attached hydrogen (secondary N) is 1. The van der Waals surface area contributed by atoms with Crippen molar-refractivity contribution in [1.82, 2.24) is 4.90 Å². The molecule has 2 rings (SSSR count). The van der Waals surface area contributed by atoms with Gasteiger partial charge >= 0.3 is 0 Å². The Balaban J connectivity index is 2.02. The average Bonchev–Trinajstić information content (AvgIpc) is 2.35. The molecule has 0 bridgehead atoms. The fraction of sp³-hybridized carbons (Fsp3) is 0.600. The second kappa shape index (κ2) is 6.07. The minimum atomic E-state index is 0.528. The summed E-state index contributed by atoms with van der Waals surface area (Å²) in [6.45, 7) is 6.93. The molecule has 1 aromatic carbocycles. The Bertz CT molecular complexity index is 405. The summed E-state index contributed by atoms with van der Waals surface area (Å²) >= 11 is 3.59. The van der Waals surface area contributed by atoms with Crippen molar-refractivity contribution in [3.05, 3.63) is 28.2 Å². The first kappa shape index (κ1) is 13.9. The van der Waals surface area contributed by atoms with Crippen LogP contribution in [0, 0.1) is 12.8 Å². The maximum atomic E-state index is 3.68. The van der Waals surface area contributed by atoms with E-state index < -0.39 is 0 Å². The van der Waals surface area contributed by atoms with Crippen LogP contribution in [-0.2, 0) is 0 Å². The van der Waals surface area contributed by atoms with Crippen LogP contribution in [0.25, 0.3) is 0 Å². The largest absolute Gasteiger partial charge is 0.382 e. The maximum absolute atomic E-state index is 3.68. The van der Waals surface area contributed by atoms with Gasteiger partial charge in [-0.15, -0.1) is 0 Å². The number of likely N-dealkylation sites (tertiary alicyclic amines) is 1. The van der Waals surface area contributed by atoms with Crippen LogP contribution < -0.4 is 5.32 Å². The molecule has 2 atom stereocenters. The van der Waals surface area contributed by atoms with Crippen LogP contribution in [0.15, 0.2) is 22.7 Å². The Hall–Kier alpha value is -0.540. The van der Waals surface area contributed by atoms with Crippen molar-refractivity contribution in [2.75, 3.05) is 25.5 Å². The average molecular weight is 311 g/mol. The molecule has 2 unspecified atom stereocenters. The van der Waals surface area contributed by atoms with E-state index in [1.54, 1.807) is 0 Å². The fourth-order valence-corrected chi connectivity index (χ4v) is 3.11. The van der Waals surface area contributed by atoms with Gasteiger partial charge in [0.25, 0.3) is 0 Å². The van der Waals surface area contributed by atoms with Crippen LogP contribution in [0.5, 0.6) is 0 Å². The van der Waals surface area contributed by atoms with E-state index in [0.717, 1.165) is 5.92 Å². The van der Waals surface area contributed by atoms with Gasteiger partial charge in [0.05, 0.1) is 0 Å². The van der Waals surface area contributed by atoms with Crippen molar-refractivity contribution in [3.8, 4) is 0 Å². The van der Waals surface area contributed by atoms with Crippen molar-refractivity contribution >= 4 is 21.6 Å². The fourth-order valence-electron chi connectivity index (χ4n) is 2.74. The lowest BCUT2D eigenvalue weighted by Gasteiger charge is -2.34. The molecule has 1 saturated heterocycles. The van der Waals surface area contributed by atoms with Gasteiger partial charge in [-0.05, 0) is 63.9 Å². The van der Waals surface area contributed by atoms with E-state index in [1.165, 1.54) is 41.7 Å². The Kier molecular flexibility index (Phi) is 4.68. The number of benzene rings is 1. The monoisotopic (exact) mass is 310 g/mol. The summed E-state index contributed by atoms with van der Waals surface area (Å²) in [6, 6.07) is 6.89. The molecule has 0 amide bonds. The molecular weight excluding hydrogens is 288 g/mol. The third kappa shape index (κ3) is 3.27. The lowest BCUT2D eigenvalue weighted by atomic mass is 9.91. The molecule has 0 saturated carbocycles. The normalized spacial score (nSPS) is 22.8. The molecule has 18 heavy (non-hydrogen) atoms. The van der Waals surface area contributed by atoms with E-state index in [9.17, 15) is 0 Å². The van der Waals surface area contributed by atoms with Gasteiger partial charge in [0, 0.05) is 22.7 Å². The zero-order valence-corrected chi connectivity index (χ0v) is 13.1. The molecule has 2 nitrogen and oxygen atoms in total. The van der Waals surface area contributed by atoms with Gasteiger partial charge in [0.15, 0.2) is 0 Å². The second-order valence-electron chi connectivity index (χ2n) is 5.51. The van der Waals surface area contributed by atoms with Crippen LogP contribution in [0.3, 0.4) is 0 Å². The lowest BCUT2D eigenvalue weighted by molar-refractivity contribution is 0.197. The van der Waals surface area contributed by atoms with Crippen molar-refractivity contribution in [1.29, 1.82) is 0 Å². The molecular formula is C15H23BrN2. The predicted octanol–water partition coefficient (Wildman–Crippen LogP) is 3.90. The van der Waals surface area contributed by atoms with Crippen LogP contribution in [-0.4, -0.2) is 31.1 Å². The Morgan fingerprint density at radius 2 is 2.22 bits per heavy atom. The van der Waals surface area contributed by atoms with Crippen molar-refractivity contribution in [2.24, 2.45) is 5.92 Å². The van der Waals surface area contributed by atoms with E-state index in [2.05, 4.69) is 65.2 Å². The summed E-state index contributed by atoms with van der Waals surface area (Å²) in [4.78, 5) is 2.44. The van der Waals surface area contributed by atoms with Gasteiger partial charge < -0.3 is 10.2 Å². The molecule has 1 aliphatic rings. The number of piperidine rings is 1. The zero-order chi connectivity index (χ0) is 13.1. The predicted molar refractivity (Wildman–Crippen MR) is 82.2 cm³/mol. The molecule has 1 heterocycles. The zero-order valence-electron chi connectivity index (χ0n) is 11.5. The minimum absolute atomic E-state index is 0.528. The molecule has 100 valence electrons. The second-order valence-corrected chi connectivity index (χ2v) is 6.36. The Morgan fingerprint density at radius 3 is 2.94 bits per heavy atom. The summed E-state index contributed by atoms with van der Waals surface area (Å²) in [5.41, 5.74) is 2.55. The summed E-state index contributed by atoms with van der Waals surface area (Å²) < 4.78 is 1.18. The summed E-state index contributed by atoms with van der Waals surface area (Å²) in [5.74, 6) is 0.752. The smallest absolute Gasteiger partial charge is 0.0383 e. The molecule has 1 fully saturated rings. The summed E-state index contributed by atoms with van der Waals surface area (Å²) in [6.07, 6.45) is 2.66. The number of halogens is 1. The number of hydrogen-bond acceptors (Lipinski definition) is 2. The maximum Gasteiger partial charge on any atom is 0.0383 e.